The van der Waals surface area contributed by atoms with E-state index in [9.17, 15) is 0 Å². The molecule has 0 amide bonds. The molecule has 0 heterocycles. The van der Waals surface area contributed by atoms with Crippen molar-refractivity contribution in [2.24, 2.45) is 5.92 Å². The molecule has 0 aromatic heterocycles. The second-order valence-electron chi connectivity index (χ2n) is 5.14. The van der Waals surface area contributed by atoms with Crippen LogP contribution in [0.5, 0.6) is 0 Å². The van der Waals surface area contributed by atoms with Crippen molar-refractivity contribution in [1.29, 1.82) is 0 Å². The summed E-state index contributed by atoms with van der Waals surface area (Å²) in [6, 6.07) is 9.16. The molecule has 0 aliphatic heterocycles. The van der Waals surface area contributed by atoms with E-state index < -0.39 is 0 Å². The van der Waals surface area contributed by atoms with Gasteiger partial charge in [0.2, 0.25) is 0 Å². The molecule has 2 rings (SSSR count). The summed E-state index contributed by atoms with van der Waals surface area (Å²) < 4.78 is 0. The van der Waals surface area contributed by atoms with Crippen LogP contribution in [0.3, 0.4) is 0 Å². The van der Waals surface area contributed by atoms with Gasteiger partial charge in [0.15, 0.2) is 0 Å². The van der Waals surface area contributed by atoms with Gasteiger partial charge in [-0.15, -0.1) is 0 Å². The summed E-state index contributed by atoms with van der Waals surface area (Å²) in [4.78, 5) is 0. The van der Waals surface area contributed by atoms with Crippen LogP contribution in [0.2, 0.25) is 5.02 Å². The molecule has 17 heavy (non-hydrogen) atoms. The van der Waals surface area contributed by atoms with Crippen molar-refractivity contribution in [2.45, 2.75) is 51.6 Å². The summed E-state index contributed by atoms with van der Waals surface area (Å²) in [6.45, 7) is 4.48. The Balaban J connectivity index is 1.99. The molecule has 1 aliphatic carbocycles. The van der Waals surface area contributed by atoms with Crippen LogP contribution < -0.4 is 5.32 Å². The lowest BCUT2D eigenvalue weighted by Crippen LogP contribution is -2.33. The van der Waals surface area contributed by atoms with Crippen LogP contribution in [0.4, 0.5) is 0 Å². The smallest absolute Gasteiger partial charge is 0.0453 e. The first-order valence-corrected chi connectivity index (χ1v) is 7.10. The van der Waals surface area contributed by atoms with Crippen LogP contribution >= 0.6 is 11.6 Å². The number of hydrogen-bond acceptors (Lipinski definition) is 1. The summed E-state index contributed by atoms with van der Waals surface area (Å²) in [6.07, 6.45) is 5.32. The fourth-order valence-corrected chi connectivity index (χ4v) is 2.80. The zero-order chi connectivity index (χ0) is 12.3. The molecule has 1 aliphatic rings. The van der Waals surface area contributed by atoms with Crippen molar-refractivity contribution in [3.8, 4) is 0 Å². The Bertz CT molecular complexity index is 360. The highest BCUT2D eigenvalue weighted by atomic mass is 35.5. The molecule has 0 saturated heterocycles. The van der Waals surface area contributed by atoms with E-state index in [1.807, 2.05) is 12.1 Å². The minimum atomic E-state index is 0.348. The van der Waals surface area contributed by atoms with Crippen molar-refractivity contribution in [3.63, 3.8) is 0 Å². The number of halogens is 1. The summed E-state index contributed by atoms with van der Waals surface area (Å²) in [5, 5.41) is 4.63. The van der Waals surface area contributed by atoms with Gasteiger partial charge in [-0.05, 0) is 43.7 Å². The van der Waals surface area contributed by atoms with E-state index in [0.717, 1.165) is 10.9 Å². The molecular formula is C15H22ClN. The maximum absolute atomic E-state index is 6.23. The van der Waals surface area contributed by atoms with Crippen molar-refractivity contribution in [1.82, 2.24) is 5.32 Å². The Morgan fingerprint density at radius 1 is 1.35 bits per heavy atom. The first-order valence-electron chi connectivity index (χ1n) is 6.72. The number of benzene rings is 1. The second-order valence-corrected chi connectivity index (χ2v) is 5.55. The first-order chi connectivity index (χ1) is 8.22. The molecular weight excluding hydrogens is 230 g/mol. The number of rotatable bonds is 6. The van der Waals surface area contributed by atoms with Gasteiger partial charge in [0.1, 0.15) is 0 Å². The van der Waals surface area contributed by atoms with Crippen LogP contribution in [0.1, 0.15) is 51.1 Å². The van der Waals surface area contributed by atoms with Crippen LogP contribution in [0.25, 0.3) is 0 Å². The highest BCUT2D eigenvalue weighted by Gasteiger charge is 2.31. The summed E-state index contributed by atoms with van der Waals surface area (Å²) >= 11 is 6.23. The van der Waals surface area contributed by atoms with Gasteiger partial charge >= 0.3 is 0 Å². The number of hydrogen-bond donors (Lipinski definition) is 1. The standard InChI is InChI=1S/C15H22ClN/c1-3-6-15(12-9-10-12)17-11(2)13-7-4-5-8-14(13)16/h4-5,7-8,11-12,15,17H,3,6,9-10H2,1-2H3/t11-,15?/m0/s1. The molecule has 0 bridgehead atoms. The Morgan fingerprint density at radius 2 is 2.06 bits per heavy atom. The van der Waals surface area contributed by atoms with Gasteiger partial charge in [-0.1, -0.05) is 43.1 Å². The summed E-state index contributed by atoms with van der Waals surface area (Å²) in [5.74, 6) is 0.903. The minimum absolute atomic E-state index is 0.348. The van der Waals surface area contributed by atoms with E-state index >= 15 is 0 Å². The highest BCUT2D eigenvalue weighted by molar-refractivity contribution is 6.31. The molecule has 1 saturated carbocycles. The van der Waals surface area contributed by atoms with Crippen LogP contribution in [0.15, 0.2) is 24.3 Å². The van der Waals surface area contributed by atoms with Crippen molar-refractivity contribution in [2.75, 3.05) is 0 Å². The molecule has 1 fully saturated rings. The lowest BCUT2D eigenvalue weighted by Gasteiger charge is -2.24. The van der Waals surface area contributed by atoms with Gasteiger partial charge in [0, 0.05) is 17.1 Å². The topological polar surface area (TPSA) is 12.0 Å². The molecule has 94 valence electrons. The average molecular weight is 252 g/mol. The Labute approximate surface area is 110 Å². The predicted molar refractivity (Wildman–Crippen MR) is 74.4 cm³/mol. The van der Waals surface area contributed by atoms with E-state index in [0.29, 0.717) is 12.1 Å². The monoisotopic (exact) mass is 251 g/mol. The van der Waals surface area contributed by atoms with E-state index in [-0.39, 0.29) is 0 Å². The maximum Gasteiger partial charge on any atom is 0.0453 e. The normalized spacial score (nSPS) is 19.0. The largest absolute Gasteiger partial charge is 0.307 e. The fourth-order valence-electron chi connectivity index (χ4n) is 2.50. The maximum atomic E-state index is 6.23. The molecule has 1 nitrogen and oxygen atoms in total. The molecule has 1 unspecified atom stereocenters. The molecule has 1 N–H and O–H groups in total. The summed E-state index contributed by atoms with van der Waals surface area (Å²) in [7, 11) is 0. The van der Waals surface area contributed by atoms with Crippen molar-refractivity contribution >= 4 is 11.6 Å². The third kappa shape index (κ3) is 3.46. The summed E-state index contributed by atoms with van der Waals surface area (Å²) in [5.41, 5.74) is 1.22. The van der Waals surface area contributed by atoms with E-state index in [1.165, 1.54) is 31.2 Å². The minimum Gasteiger partial charge on any atom is -0.307 e. The quantitative estimate of drug-likeness (QED) is 0.781. The third-order valence-corrected chi connectivity index (χ3v) is 3.97. The fraction of sp³-hybridized carbons (Fsp3) is 0.600. The molecule has 2 heteroatoms. The van der Waals surface area contributed by atoms with Gasteiger partial charge in [-0.3, -0.25) is 0 Å². The zero-order valence-corrected chi connectivity index (χ0v) is 11.5. The Kier molecular flexibility index (Phi) is 4.47. The van der Waals surface area contributed by atoms with Gasteiger partial charge in [0.05, 0.1) is 0 Å². The van der Waals surface area contributed by atoms with E-state index in [1.54, 1.807) is 0 Å². The SMILES string of the molecule is CCCC(N[C@@H](C)c1ccccc1Cl)C1CC1. The van der Waals surface area contributed by atoms with E-state index in [4.69, 9.17) is 11.6 Å². The lowest BCUT2D eigenvalue weighted by molar-refractivity contribution is 0.390. The van der Waals surface area contributed by atoms with Gasteiger partial charge in [-0.25, -0.2) is 0 Å². The first kappa shape index (κ1) is 12.9. The van der Waals surface area contributed by atoms with E-state index in [2.05, 4.69) is 31.3 Å². The zero-order valence-electron chi connectivity index (χ0n) is 10.7. The van der Waals surface area contributed by atoms with Gasteiger partial charge < -0.3 is 5.32 Å². The molecule has 1 aromatic carbocycles. The third-order valence-electron chi connectivity index (χ3n) is 3.63. The molecule has 0 radical (unpaired) electrons. The lowest BCUT2D eigenvalue weighted by atomic mass is 10.0. The Morgan fingerprint density at radius 3 is 2.65 bits per heavy atom. The predicted octanol–water partition coefficient (Wildman–Crippen LogP) is 4.57. The Hall–Kier alpha value is -0.530. The van der Waals surface area contributed by atoms with Crippen LogP contribution in [-0.4, -0.2) is 6.04 Å². The van der Waals surface area contributed by atoms with Gasteiger partial charge in [-0.2, -0.15) is 0 Å². The van der Waals surface area contributed by atoms with Gasteiger partial charge in [0.25, 0.3) is 0 Å². The molecule has 0 spiro atoms. The second kappa shape index (κ2) is 5.88. The van der Waals surface area contributed by atoms with Crippen LogP contribution in [-0.2, 0) is 0 Å². The highest BCUT2D eigenvalue weighted by Crippen LogP contribution is 2.36. The average Bonchev–Trinajstić information content (AvgIpc) is 3.12. The molecule has 1 aromatic rings. The van der Waals surface area contributed by atoms with Crippen molar-refractivity contribution < 1.29 is 0 Å². The molecule has 2 atom stereocenters. The van der Waals surface area contributed by atoms with Crippen molar-refractivity contribution in [3.05, 3.63) is 34.9 Å². The number of nitrogens with one attached hydrogen (secondary N) is 1. The van der Waals surface area contributed by atoms with Crippen LogP contribution in [0, 0.1) is 5.92 Å².